The van der Waals surface area contributed by atoms with E-state index in [9.17, 15) is 0 Å². The van der Waals surface area contributed by atoms with Gasteiger partial charge in [-0.3, -0.25) is 4.90 Å². The summed E-state index contributed by atoms with van der Waals surface area (Å²) in [4.78, 5) is 2.49. The Balaban J connectivity index is 1.82. The maximum Gasteiger partial charge on any atom is 0.0265 e. The second-order valence-electron chi connectivity index (χ2n) is 5.40. The molecule has 2 aromatic rings. The average Bonchev–Trinajstić information content (AvgIpc) is 2.46. The SMILES string of the molecule is NCC1Cc2ccccc2CN1Cc1cccc(Br)c1. The van der Waals surface area contributed by atoms with E-state index in [0.29, 0.717) is 12.6 Å². The molecule has 2 nitrogen and oxygen atoms in total. The van der Waals surface area contributed by atoms with Gasteiger partial charge in [0.15, 0.2) is 0 Å². The lowest BCUT2D eigenvalue weighted by Gasteiger charge is -2.36. The highest BCUT2D eigenvalue weighted by atomic mass is 79.9. The molecule has 104 valence electrons. The van der Waals surface area contributed by atoms with E-state index >= 15 is 0 Å². The molecule has 0 aromatic heterocycles. The highest BCUT2D eigenvalue weighted by molar-refractivity contribution is 9.10. The van der Waals surface area contributed by atoms with Gasteiger partial charge in [0, 0.05) is 30.1 Å². The van der Waals surface area contributed by atoms with Crippen molar-refractivity contribution in [1.29, 1.82) is 0 Å². The quantitative estimate of drug-likeness (QED) is 0.935. The van der Waals surface area contributed by atoms with Crippen molar-refractivity contribution in [3.05, 3.63) is 69.7 Å². The van der Waals surface area contributed by atoms with E-state index in [2.05, 4.69) is 69.4 Å². The minimum atomic E-state index is 0.434. The number of hydrogen-bond donors (Lipinski definition) is 1. The molecular weight excluding hydrogens is 312 g/mol. The van der Waals surface area contributed by atoms with E-state index in [1.54, 1.807) is 0 Å². The molecule has 1 heterocycles. The molecule has 1 atom stereocenters. The van der Waals surface area contributed by atoms with E-state index in [1.807, 2.05) is 0 Å². The summed E-state index contributed by atoms with van der Waals surface area (Å²) < 4.78 is 1.14. The number of nitrogens with zero attached hydrogens (tertiary/aromatic N) is 1. The molecule has 2 N–H and O–H groups in total. The Kier molecular flexibility index (Phi) is 4.20. The molecule has 1 unspecified atom stereocenters. The molecule has 0 fully saturated rings. The predicted molar refractivity (Wildman–Crippen MR) is 86.4 cm³/mol. The summed E-state index contributed by atoms with van der Waals surface area (Å²) in [5.74, 6) is 0. The normalized spacial score (nSPS) is 18.8. The van der Waals surface area contributed by atoms with Crippen LogP contribution in [-0.2, 0) is 19.5 Å². The van der Waals surface area contributed by atoms with Crippen LogP contribution < -0.4 is 5.73 Å². The predicted octanol–water partition coefficient (Wildman–Crippen LogP) is 3.33. The summed E-state index contributed by atoms with van der Waals surface area (Å²) in [6.07, 6.45) is 1.06. The summed E-state index contributed by atoms with van der Waals surface area (Å²) in [5, 5.41) is 0. The third-order valence-corrected chi connectivity index (χ3v) is 4.50. The summed E-state index contributed by atoms with van der Waals surface area (Å²) in [7, 11) is 0. The number of benzene rings is 2. The van der Waals surface area contributed by atoms with Crippen LogP contribution in [0.15, 0.2) is 53.0 Å². The molecule has 20 heavy (non-hydrogen) atoms. The molecule has 0 saturated carbocycles. The van der Waals surface area contributed by atoms with Crippen LogP contribution in [0.1, 0.15) is 16.7 Å². The zero-order valence-electron chi connectivity index (χ0n) is 11.4. The number of nitrogens with two attached hydrogens (primary N) is 1. The van der Waals surface area contributed by atoms with Gasteiger partial charge in [0.25, 0.3) is 0 Å². The van der Waals surface area contributed by atoms with Crippen molar-refractivity contribution >= 4 is 15.9 Å². The minimum Gasteiger partial charge on any atom is -0.329 e. The maximum atomic E-state index is 5.98. The van der Waals surface area contributed by atoms with Crippen molar-refractivity contribution in [2.24, 2.45) is 5.73 Å². The Hall–Kier alpha value is -1.16. The van der Waals surface area contributed by atoms with E-state index in [-0.39, 0.29) is 0 Å². The van der Waals surface area contributed by atoms with E-state index in [4.69, 9.17) is 5.73 Å². The molecule has 0 amide bonds. The summed E-state index contributed by atoms with van der Waals surface area (Å²) in [5.41, 5.74) is 10.2. The van der Waals surface area contributed by atoms with E-state index in [1.165, 1.54) is 16.7 Å². The fourth-order valence-corrected chi connectivity index (χ4v) is 3.38. The highest BCUT2D eigenvalue weighted by Crippen LogP contribution is 2.25. The van der Waals surface area contributed by atoms with Crippen LogP contribution in [0.3, 0.4) is 0 Å². The zero-order chi connectivity index (χ0) is 13.9. The second kappa shape index (κ2) is 6.08. The number of hydrogen-bond acceptors (Lipinski definition) is 2. The molecule has 3 heteroatoms. The van der Waals surface area contributed by atoms with Crippen molar-refractivity contribution in [2.75, 3.05) is 6.54 Å². The molecule has 1 aliphatic heterocycles. The van der Waals surface area contributed by atoms with Gasteiger partial charge < -0.3 is 5.73 Å². The zero-order valence-corrected chi connectivity index (χ0v) is 13.0. The molecule has 3 rings (SSSR count). The second-order valence-corrected chi connectivity index (χ2v) is 6.31. The topological polar surface area (TPSA) is 29.3 Å². The first-order valence-electron chi connectivity index (χ1n) is 7.01. The fraction of sp³-hybridized carbons (Fsp3) is 0.294. The summed E-state index contributed by atoms with van der Waals surface area (Å²) >= 11 is 3.54. The molecule has 0 saturated heterocycles. The van der Waals surface area contributed by atoms with Gasteiger partial charge in [-0.05, 0) is 35.2 Å². The monoisotopic (exact) mass is 330 g/mol. The Bertz CT molecular complexity index is 597. The molecule has 0 aliphatic carbocycles. The number of fused-ring (bicyclic) bond motifs is 1. The third-order valence-electron chi connectivity index (χ3n) is 4.01. The summed E-state index contributed by atoms with van der Waals surface area (Å²) in [6, 6.07) is 17.7. The van der Waals surface area contributed by atoms with Crippen LogP contribution in [0.25, 0.3) is 0 Å². The first-order chi connectivity index (χ1) is 9.76. The van der Waals surface area contributed by atoms with E-state index in [0.717, 1.165) is 24.0 Å². The van der Waals surface area contributed by atoms with Crippen LogP contribution in [0.2, 0.25) is 0 Å². The number of rotatable bonds is 3. The molecule has 2 aromatic carbocycles. The van der Waals surface area contributed by atoms with Gasteiger partial charge in [0.05, 0.1) is 0 Å². The molecule has 0 bridgehead atoms. The Labute approximate surface area is 128 Å². The smallest absolute Gasteiger partial charge is 0.0265 e. The highest BCUT2D eigenvalue weighted by Gasteiger charge is 2.24. The molecule has 1 aliphatic rings. The van der Waals surface area contributed by atoms with Gasteiger partial charge in [-0.1, -0.05) is 52.3 Å². The summed E-state index contributed by atoms with van der Waals surface area (Å²) in [6.45, 7) is 2.66. The van der Waals surface area contributed by atoms with Crippen molar-refractivity contribution < 1.29 is 0 Å². The Morgan fingerprint density at radius 3 is 2.65 bits per heavy atom. The van der Waals surface area contributed by atoms with Gasteiger partial charge in [-0.25, -0.2) is 0 Å². The van der Waals surface area contributed by atoms with Crippen molar-refractivity contribution in [3.8, 4) is 0 Å². The third kappa shape index (κ3) is 2.95. The van der Waals surface area contributed by atoms with Crippen molar-refractivity contribution in [3.63, 3.8) is 0 Å². The van der Waals surface area contributed by atoms with Gasteiger partial charge in [-0.2, -0.15) is 0 Å². The van der Waals surface area contributed by atoms with Crippen LogP contribution in [0.4, 0.5) is 0 Å². The molecule has 0 radical (unpaired) electrons. The van der Waals surface area contributed by atoms with Crippen molar-refractivity contribution in [1.82, 2.24) is 4.90 Å². The first-order valence-corrected chi connectivity index (χ1v) is 7.81. The Morgan fingerprint density at radius 2 is 1.90 bits per heavy atom. The van der Waals surface area contributed by atoms with Gasteiger partial charge >= 0.3 is 0 Å². The minimum absolute atomic E-state index is 0.434. The lowest BCUT2D eigenvalue weighted by atomic mass is 9.93. The van der Waals surface area contributed by atoms with Gasteiger partial charge in [0.1, 0.15) is 0 Å². The fourth-order valence-electron chi connectivity index (χ4n) is 2.93. The average molecular weight is 331 g/mol. The maximum absolute atomic E-state index is 5.98. The first kappa shape index (κ1) is 13.8. The van der Waals surface area contributed by atoms with Crippen LogP contribution >= 0.6 is 15.9 Å². The lowest BCUT2D eigenvalue weighted by molar-refractivity contribution is 0.167. The standard InChI is InChI=1S/C17H19BrN2/c18-16-7-3-4-13(8-16)11-20-12-15-6-2-1-5-14(15)9-17(20)10-19/h1-8,17H,9-12,19H2. The van der Waals surface area contributed by atoms with Gasteiger partial charge in [0.2, 0.25) is 0 Å². The van der Waals surface area contributed by atoms with Crippen LogP contribution in [0.5, 0.6) is 0 Å². The largest absolute Gasteiger partial charge is 0.329 e. The Morgan fingerprint density at radius 1 is 1.10 bits per heavy atom. The molecule has 0 spiro atoms. The van der Waals surface area contributed by atoms with Crippen LogP contribution in [-0.4, -0.2) is 17.5 Å². The van der Waals surface area contributed by atoms with Gasteiger partial charge in [-0.15, -0.1) is 0 Å². The van der Waals surface area contributed by atoms with E-state index < -0.39 is 0 Å². The van der Waals surface area contributed by atoms with Crippen LogP contribution in [0, 0.1) is 0 Å². The van der Waals surface area contributed by atoms with Crippen molar-refractivity contribution in [2.45, 2.75) is 25.6 Å². The number of halogens is 1. The molecular formula is C17H19BrN2. The lowest BCUT2D eigenvalue weighted by Crippen LogP contribution is -2.44.